The summed E-state index contributed by atoms with van der Waals surface area (Å²) in [6, 6.07) is 0.0355. The van der Waals surface area contributed by atoms with E-state index in [1.807, 2.05) is 6.92 Å². The predicted octanol–water partition coefficient (Wildman–Crippen LogP) is 0.606. The Kier molecular flexibility index (Phi) is 3.43. The van der Waals surface area contributed by atoms with Crippen molar-refractivity contribution in [3.63, 3.8) is 0 Å². The Morgan fingerprint density at radius 3 is 2.72 bits per heavy atom. The Labute approximate surface area is 108 Å². The maximum atomic E-state index is 11.7. The van der Waals surface area contributed by atoms with Gasteiger partial charge in [-0.15, -0.1) is 0 Å². The Hall–Kier alpha value is -1.36. The second-order valence-corrected chi connectivity index (χ2v) is 5.08. The van der Waals surface area contributed by atoms with Crippen molar-refractivity contribution in [1.29, 1.82) is 0 Å². The molecule has 1 fully saturated rings. The molecule has 2 aliphatic rings. The van der Waals surface area contributed by atoms with Gasteiger partial charge in [0.15, 0.2) is 0 Å². The van der Waals surface area contributed by atoms with E-state index < -0.39 is 0 Å². The van der Waals surface area contributed by atoms with Gasteiger partial charge in [0.25, 0.3) is 0 Å². The number of carbonyl (C=O) groups is 1. The average molecular weight is 251 g/mol. The molecule has 2 atom stereocenters. The molecule has 1 N–H and O–H groups in total. The lowest BCUT2D eigenvalue weighted by Gasteiger charge is -2.45. The first-order chi connectivity index (χ1) is 8.45. The molecule has 0 radical (unpaired) electrons. The molecule has 0 aromatic carbocycles. The fourth-order valence-corrected chi connectivity index (χ4v) is 2.67. The highest BCUT2D eigenvalue weighted by Crippen LogP contribution is 2.27. The lowest BCUT2D eigenvalue weighted by atomic mass is 10.0. The highest BCUT2D eigenvalue weighted by atomic mass is 16.3. The minimum atomic E-state index is -0.141. The Morgan fingerprint density at radius 2 is 2.17 bits per heavy atom. The van der Waals surface area contributed by atoms with Crippen LogP contribution in [0.3, 0.4) is 0 Å². The largest absolute Gasteiger partial charge is 0.394 e. The van der Waals surface area contributed by atoms with Crippen LogP contribution in [0.2, 0.25) is 0 Å². The summed E-state index contributed by atoms with van der Waals surface area (Å²) in [6.45, 7) is 8.88. The lowest BCUT2D eigenvalue weighted by Crippen LogP contribution is -2.57. The van der Waals surface area contributed by atoms with E-state index >= 15 is 0 Å². The molecule has 0 aromatic rings. The zero-order valence-corrected chi connectivity index (χ0v) is 11.5. The summed E-state index contributed by atoms with van der Waals surface area (Å²) in [4.78, 5) is 20.1. The van der Waals surface area contributed by atoms with E-state index in [0.29, 0.717) is 13.1 Å². The molecule has 5 heteroatoms. The van der Waals surface area contributed by atoms with Crippen molar-refractivity contribution in [2.24, 2.45) is 4.99 Å². The highest BCUT2D eigenvalue weighted by molar-refractivity contribution is 5.84. The van der Waals surface area contributed by atoms with Crippen molar-refractivity contribution in [3.8, 4) is 0 Å². The van der Waals surface area contributed by atoms with Crippen LogP contribution in [0.15, 0.2) is 16.3 Å². The highest BCUT2D eigenvalue weighted by Gasteiger charge is 2.35. The van der Waals surface area contributed by atoms with Crippen LogP contribution >= 0.6 is 0 Å². The predicted molar refractivity (Wildman–Crippen MR) is 70.2 cm³/mol. The van der Waals surface area contributed by atoms with Gasteiger partial charge in [-0.3, -0.25) is 9.79 Å². The van der Waals surface area contributed by atoms with Crippen molar-refractivity contribution in [1.82, 2.24) is 9.80 Å². The number of rotatable bonds is 1. The van der Waals surface area contributed by atoms with Gasteiger partial charge in [-0.05, 0) is 26.3 Å². The topological polar surface area (TPSA) is 56.1 Å². The fourth-order valence-electron chi connectivity index (χ4n) is 2.67. The van der Waals surface area contributed by atoms with Crippen LogP contribution < -0.4 is 0 Å². The molecule has 0 bridgehead atoms. The number of amidine groups is 1. The van der Waals surface area contributed by atoms with Gasteiger partial charge in [-0.1, -0.05) is 0 Å². The number of nitrogens with zero attached hydrogens (tertiary/aromatic N) is 3. The molecule has 18 heavy (non-hydrogen) atoms. The molecule has 1 unspecified atom stereocenters. The first kappa shape index (κ1) is 13.1. The number of aliphatic hydroxyl groups is 1. The molecule has 100 valence electrons. The van der Waals surface area contributed by atoms with Gasteiger partial charge in [-0.25, -0.2) is 0 Å². The van der Waals surface area contributed by atoms with Crippen LogP contribution in [0, 0.1) is 0 Å². The summed E-state index contributed by atoms with van der Waals surface area (Å²) >= 11 is 0. The summed E-state index contributed by atoms with van der Waals surface area (Å²) in [7, 11) is 0. The number of aliphatic hydroxyl groups excluding tert-OH is 1. The molecule has 2 aliphatic heterocycles. The average Bonchev–Trinajstić information content (AvgIpc) is 2.34. The molecule has 0 saturated carbocycles. The van der Waals surface area contributed by atoms with Crippen LogP contribution in [0.1, 0.15) is 27.7 Å². The number of amides is 1. The standard InChI is InChI=1S/C13H21N3O2/c1-8-9(2)14-10(3)15-5-12(7-17)16(11(4)18)6-13(8)15/h9,12,17H,5-7H2,1-4H3/t9-,12?/m0/s1. The monoisotopic (exact) mass is 251 g/mol. The number of hydrogen-bond acceptors (Lipinski definition) is 4. The van der Waals surface area contributed by atoms with Crippen molar-refractivity contribution in [3.05, 3.63) is 11.3 Å². The molecule has 1 amide bonds. The van der Waals surface area contributed by atoms with Crippen molar-refractivity contribution >= 4 is 11.7 Å². The van der Waals surface area contributed by atoms with Gasteiger partial charge in [0.2, 0.25) is 5.91 Å². The third kappa shape index (κ3) is 2.03. The molecule has 0 aromatic heterocycles. The third-order valence-corrected chi connectivity index (χ3v) is 3.95. The van der Waals surface area contributed by atoms with E-state index in [1.165, 1.54) is 5.57 Å². The van der Waals surface area contributed by atoms with Gasteiger partial charge in [0.05, 0.1) is 25.2 Å². The van der Waals surface area contributed by atoms with Gasteiger partial charge < -0.3 is 14.9 Å². The Morgan fingerprint density at radius 1 is 1.50 bits per heavy atom. The number of carbonyl (C=O) groups excluding carboxylic acids is 1. The van der Waals surface area contributed by atoms with E-state index in [1.54, 1.807) is 11.8 Å². The van der Waals surface area contributed by atoms with Gasteiger partial charge in [-0.2, -0.15) is 0 Å². The SMILES string of the molecule is CC(=O)N1CC2=C(C)[C@H](C)N=C(C)N2CC1CO. The Balaban J connectivity index is 2.34. The summed E-state index contributed by atoms with van der Waals surface area (Å²) in [6.07, 6.45) is 0. The quantitative estimate of drug-likeness (QED) is 0.742. The van der Waals surface area contributed by atoms with E-state index in [2.05, 4.69) is 23.7 Å². The van der Waals surface area contributed by atoms with Crippen molar-refractivity contribution in [2.45, 2.75) is 39.8 Å². The van der Waals surface area contributed by atoms with Crippen LogP contribution in [0.4, 0.5) is 0 Å². The maximum absolute atomic E-state index is 11.7. The van der Waals surface area contributed by atoms with E-state index in [-0.39, 0.29) is 24.6 Å². The van der Waals surface area contributed by atoms with Crippen LogP contribution in [-0.2, 0) is 4.79 Å². The van der Waals surface area contributed by atoms with Gasteiger partial charge in [0, 0.05) is 19.2 Å². The van der Waals surface area contributed by atoms with Crippen LogP contribution in [-0.4, -0.2) is 58.4 Å². The Bertz CT molecular complexity index is 428. The molecule has 5 nitrogen and oxygen atoms in total. The molecule has 0 aliphatic carbocycles. The smallest absolute Gasteiger partial charge is 0.220 e. The molecular weight excluding hydrogens is 230 g/mol. The maximum Gasteiger partial charge on any atom is 0.220 e. The normalized spacial score (nSPS) is 28.2. The van der Waals surface area contributed by atoms with Gasteiger partial charge in [0.1, 0.15) is 5.84 Å². The lowest BCUT2D eigenvalue weighted by molar-refractivity contribution is -0.133. The second-order valence-electron chi connectivity index (χ2n) is 5.08. The first-order valence-electron chi connectivity index (χ1n) is 6.35. The van der Waals surface area contributed by atoms with Crippen LogP contribution in [0.5, 0.6) is 0 Å². The van der Waals surface area contributed by atoms with Gasteiger partial charge >= 0.3 is 0 Å². The fraction of sp³-hybridized carbons (Fsp3) is 0.692. The second kappa shape index (κ2) is 4.72. The van der Waals surface area contributed by atoms with Crippen molar-refractivity contribution < 1.29 is 9.90 Å². The first-order valence-corrected chi connectivity index (χ1v) is 6.35. The summed E-state index contributed by atoms with van der Waals surface area (Å²) in [5.41, 5.74) is 2.37. The molecule has 1 saturated heterocycles. The number of aliphatic imine (C=N–C) groups is 1. The number of hydrogen-bond donors (Lipinski definition) is 1. The molecule has 0 spiro atoms. The van der Waals surface area contributed by atoms with E-state index in [9.17, 15) is 9.90 Å². The summed E-state index contributed by atoms with van der Waals surface area (Å²) in [5.74, 6) is 0.992. The minimum Gasteiger partial charge on any atom is -0.394 e. The van der Waals surface area contributed by atoms with E-state index in [4.69, 9.17) is 0 Å². The number of fused-ring (bicyclic) bond motifs is 1. The number of piperazine rings is 1. The van der Waals surface area contributed by atoms with Crippen molar-refractivity contribution in [2.75, 3.05) is 19.7 Å². The molecule has 2 rings (SSSR count). The molecular formula is C13H21N3O2. The third-order valence-electron chi connectivity index (χ3n) is 3.95. The molecule has 2 heterocycles. The summed E-state index contributed by atoms with van der Waals surface area (Å²) < 4.78 is 0. The zero-order chi connectivity index (χ0) is 13.4. The van der Waals surface area contributed by atoms with E-state index in [0.717, 1.165) is 11.5 Å². The summed E-state index contributed by atoms with van der Waals surface area (Å²) in [5, 5.41) is 9.43. The zero-order valence-electron chi connectivity index (χ0n) is 11.5. The minimum absolute atomic E-state index is 0.00869. The van der Waals surface area contributed by atoms with Crippen LogP contribution in [0.25, 0.3) is 0 Å².